The first-order valence-electron chi connectivity index (χ1n) is 7.71. The Morgan fingerprint density at radius 3 is 2.65 bits per heavy atom. The second-order valence-corrected chi connectivity index (χ2v) is 6.48. The van der Waals surface area contributed by atoms with Crippen molar-refractivity contribution in [2.75, 3.05) is 40.0 Å². The summed E-state index contributed by atoms with van der Waals surface area (Å²) < 4.78 is 0. The Balaban J connectivity index is 2.72. The predicted octanol–water partition coefficient (Wildman–Crippen LogP) is 2.00. The van der Waals surface area contributed by atoms with Gasteiger partial charge >= 0.3 is 0 Å². The van der Waals surface area contributed by atoms with Crippen molar-refractivity contribution in [1.29, 1.82) is 0 Å². The van der Waals surface area contributed by atoms with Crippen LogP contribution in [0.25, 0.3) is 0 Å². The molecule has 1 heterocycles. The molecule has 7 nitrogen and oxygen atoms in total. The Labute approximate surface area is 136 Å². The van der Waals surface area contributed by atoms with E-state index in [9.17, 15) is 14.9 Å². The van der Waals surface area contributed by atoms with E-state index >= 15 is 0 Å². The van der Waals surface area contributed by atoms with Crippen molar-refractivity contribution >= 4 is 17.3 Å². The summed E-state index contributed by atoms with van der Waals surface area (Å²) in [4.78, 5) is 27.4. The molecule has 1 amide bonds. The van der Waals surface area contributed by atoms with Crippen molar-refractivity contribution in [2.24, 2.45) is 0 Å². The van der Waals surface area contributed by atoms with Crippen molar-refractivity contribution in [2.45, 2.75) is 25.7 Å². The van der Waals surface area contributed by atoms with E-state index in [-0.39, 0.29) is 23.2 Å². The van der Waals surface area contributed by atoms with Gasteiger partial charge in [0.2, 0.25) is 0 Å². The molecule has 1 fully saturated rings. The Hall–Kier alpha value is -2.15. The van der Waals surface area contributed by atoms with Crippen LogP contribution in [0.15, 0.2) is 6.07 Å². The number of amides is 1. The van der Waals surface area contributed by atoms with Gasteiger partial charge in [-0.25, -0.2) is 0 Å². The third kappa shape index (κ3) is 3.29. The van der Waals surface area contributed by atoms with Gasteiger partial charge in [-0.1, -0.05) is 0 Å². The van der Waals surface area contributed by atoms with E-state index in [1.165, 1.54) is 11.0 Å². The first-order chi connectivity index (χ1) is 10.7. The first-order valence-corrected chi connectivity index (χ1v) is 7.71. The fourth-order valence-electron chi connectivity index (χ4n) is 3.37. The SMILES string of the molecule is Cc1cc(N)c([N+](=O)[O-])c(C2CCCN(C)C2)c1C(=O)N(C)C. The molecule has 23 heavy (non-hydrogen) atoms. The standard InChI is InChI=1S/C16H24N4O3/c1-10-8-12(17)15(20(22)23)14(13(10)16(21)18(2)3)11-6-5-7-19(4)9-11/h8,11H,5-7,9,17H2,1-4H3. The maximum Gasteiger partial charge on any atom is 0.296 e. The number of nitrogens with zero attached hydrogens (tertiary/aromatic N) is 3. The molecular weight excluding hydrogens is 296 g/mol. The average Bonchev–Trinajstić information content (AvgIpc) is 2.45. The average molecular weight is 320 g/mol. The van der Waals surface area contributed by atoms with E-state index in [1.54, 1.807) is 21.0 Å². The lowest BCUT2D eigenvalue weighted by molar-refractivity contribution is -0.384. The zero-order valence-electron chi connectivity index (χ0n) is 14.1. The largest absolute Gasteiger partial charge is 0.393 e. The Morgan fingerprint density at radius 2 is 2.13 bits per heavy atom. The number of likely N-dealkylation sites (N-methyl/N-ethyl adjacent to an activating group) is 1. The molecule has 2 rings (SSSR count). The summed E-state index contributed by atoms with van der Waals surface area (Å²) in [6, 6.07) is 1.53. The summed E-state index contributed by atoms with van der Waals surface area (Å²) in [6.07, 6.45) is 1.77. The van der Waals surface area contributed by atoms with Gasteiger partial charge in [0, 0.05) is 32.1 Å². The molecule has 1 aromatic rings. The quantitative estimate of drug-likeness (QED) is 0.522. The lowest BCUT2D eigenvalue weighted by Crippen LogP contribution is -2.33. The number of hydrogen-bond acceptors (Lipinski definition) is 5. The topological polar surface area (TPSA) is 92.7 Å². The third-order valence-electron chi connectivity index (χ3n) is 4.40. The van der Waals surface area contributed by atoms with Gasteiger partial charge in [0.25, 0.3) is 11.6 Å². The number of hydrogen-bond donors (Lipinski definition) is 1. The third-order valence-corrected chi connectivity index (χ3v) is 4.40. The number of aryl methyl sites for hydroxylation is 1. The van der Waals surface area contributed by atoms with Crippen molar-refractivity contribution in [3.63, 3.8) is 0 Å². The molecule has 0 aromatic heterocycles. The molecule has 1 aromatic carbocycles. The van der Waals surface area contributed by atoms with Crippen molar-refractivity contribution < 1.29 is 9.72 Å². The number of nitro groups is 1. The second-order valence-electron chi connectivity index (χ2n) is 6.48. The van der Waals surface area contributed by atoms with E-state index in [0.29, 0.717) is 23.2 Å². The summed E-state index contributed by atoms with van der Waals surface area (Å²) in [5, 5.41) is 11.6. The molecular formula is C16H24N4O3. The van der Waals surface area contributed by atoms with E-state index < -0.39 is 4.92 Å². The number of nitrogen functional groups attached to an aromatic ring is 1. The zero-order chi connectivity index (χ0) is 17.3. The van der Waals surface area contributed by atoms with E-state index in [4.69, 9.17) is 5.73 Å². The van der Waals surface area contributed by atoms with Crippen molar-refractivity contribution in [1.82, 2.24) is 9.80 Å². The van der Waals surface area contributed by atoms with Crippen molar-refractivity contribution in [3.8, 4) is 0 Å². The van der Waals surface area contributed by atoms with E-state index in [2.05, 4.69) is 4.90 Å². The summed E-state index contributed by atoms with van der Waals surface area (Å²) in [6.45, 7) is 3.44. The number of likely N-dealkylation sites (tertiary alicyclic amines) is 1. The lowest BCUT2D eigenvalue weighted by atomic mass is 9.83. The molecule has 0 radical (unpaired) electrons. The number of carbonyl (C=O) groups excluding carboxylic acids is 1. The molecule has 1 unspecified atom stereocenters. The fourth-order valence-corrected chi connectivity index (χ4v) is 3.37. The highest BCUT2D eigenvalue weighted by molar-refractivity contribution is 5.99. The molecule has 0 bridgehead atoms. The van der Waals surface area contributed by atoms with Gasteiger partial charge in [0.05, 0.1) is 10.5 Å². The van der Waals surface area contributed by atoms with Crippen LogP contribution in [-0.2, 0) is 0 Å². The maximum absolute atomic E-state index is 12.6. The number of carbonyl (C=O) groups is 1. The second kappa shape index (κ2) is 6.54. The number of nitro benzene ring substituents is 1. The maximum atomic E-state index is 12.6. The molecule has 2 N–H and O–H groups in total. The normalized spacial score (nSPS) is 18.7. The summed E-state index contributed by atoms with van der Waals surface area (Å²) in [5.74, 6) is -0.274. The molecule has 1 aliphatic heterocycles. The van der Waals surface area contributed by atoms with Crippen LogP contribution in [0, 0.1) is 17.0 Å². The highest BCUT2D eigenvalue weighted by atomic mass is 16.6. The summed E-state index contributed by atoms with van der Waals surface area (Å²) in [5.41, 5.74) is 7.56. The highest BCUT2D eigenvalue weighted by Gasteiger charge is 2.34. The highest BCUT2D eigenvalue weighted by Crippen LogP contribution is 2.40. The van der Waals surface area contributed by atoms with Crippen LogP contribution in [0.2, 0.25) is 0 Å². The van der Waals surface area contributed by atoms with E-state index in [1.807, 2.05) is 7.05 Å². The van der Waals surface area contributed by atoms with Gasteiger partial charge in [-0.15, -0.1) is 0 Å². The zero-order valence-corrected chi connectivity index (χ0v) is 14.1. The van der Waals surface area contributed by atoms with Crippen molar-refractivity contribution in [3.05, 3.63) is 32.9 Å². The molecule has 7 heteroatoms. The fraction of sp³-hybridized carbons (Fsp3) is 0.562. The van der Waals surface area contributed by atoms with Crippen LogP contribution in [0.4, 0.5) is 11.4 Å². The van der Waals surface area contributed by atoms with Gasteiger partial charge in [0.15, 0.2) is 0 Å². The van der Waals surface area contributed by atoms with Gasteiger partial charge < -0.3 is 15.5 Å². The van der Waals surface area contributed by atoms with Crippen LogP contribution in [0.1, 0.15) is 40.2 Å². The molecule has 1 atom stereocenters. The minimum atomic E-state index is -0.453. The Morgan fingerprint density at radius 1 is 1.48 bits per heavy atom. The number of benzene rings is 1. The van der Waals surface area contributed by atoms with E-state index in [0.717, 1.165) is 19.4 Å². The Bertz CT molecular complexity index is 643. The van der Waals surface area contributed by atoms with Crippen LogP contribution < -0.4 is 5.73 Å². The minimum Gasteiger partial charge on any atom is -0.393 e. The van der Waals surface area contributed by atoms with Gasteiger partial charge in [-0.3, -0.25) is 14.9 Å². The minimum absolute atomic E-state index is 0.0600. The van der Waals surface area contributed by atoms with Gasteiger partial charge in [-0.05, 0) is 45.0 Å². The molecule has 0 saturated carbocycles. The van der Waals surface area contributed by atoms with Crippen LogP contribution in [0.3, 0.4) is 0 Å². The van der Waals surface area contributed by atoms with Gasteiger partial charge in [0.1, 0.15) is 5.69 Å². The van der Waals surface area contributed by atoms with Crippen LogP contribution >= 0.6 is 0 Å². The molecule has 0 spiro atoms. The molecule has 1 saturated heterocycles. The smallest absolute Gasteiger partial charge is 0.296 e. The van der Waals surface area contributed by atoms with Crippen LogP contribution in [0.5, 0.6) is 0 Å². The molecule has 1 aliphatic rings. The van der Waals surface area contributed by atoms with Crippen LogP contribution in [-0.4, -0.2) is 54.9 Å². The monoisotopic (exact) mass is 320 g/mol. The predicted molar refractivity (Wildman–Crippen MR) is 89.7 cm³/mol. The first kappa shape index (κ1) is 17.2. The number of rotatable bonds is 3. The summed E-state index contributed by atoms with van der Waals surface area (Å²) in [7, 11) is 5.30. The number of nitrogens with two attached hydrogens (primary N) is 1. The number of anilines is 1. The van der Waals surface area contributed by atoms with Gasteiger partial charge in [-0.2, -0.15) is 0 Å². The lowest BCUT2D eigenvalue weighted by Gasteiger charge is -2.31. The summed E-state index contributed by atoms with van der Waals surface area (Å²) >= 11 is 0. The number of piperidine rings is 1. The molecule has 0 aliphatic carbocycles. The Kier molecular flexibility index (Phi) is 4.89. The molecule has 126 valence electrons.